The van der Waals surface area contributed by atoms with Crippen molar-refractivity contribution in [3.05, 3.63) is 82.9 Å². The lowest BCUT2D eigenvalue weighted by Crippen LogP contribution is -2.49. The average molecular weight is 463 g/mol. The lowest BCUT2D eigenvalue weighted by molar-refractivity contribution is -0.140. The number of carbonyl (C=O) groups excluding carboxylic acids is 2. The van der Waals surface area contributed by atoms with Crippen LogP contribution in [0.5, 0.6) is 0 Å². The fraction of sp³-hybridized carbons (Fsp3) is 0.357. The molecule has 0 radical (unpaired) electrons. The molecule has 2 amide bonds. The van der Waals surface area contributed by atoms with Crippen molar-refractivity contribution in [1.29, 1.82) is 0 Å². The van der Waals surface area contributed by atoms with Crippen LogP contribution in [0.25, 0.3) is 10.8 Å². The molecule has 172 valence electrons. The number of fused-ring (bicyclic) bond motifs is 1. The summed E-state index contributed by atoms with van der Waals surface area (Å²) in [6.07, 6.45) is 5.27. The van der Waals surface area contributed by atoms with Gasteiger partial charge in [-0.15, -0.1) is 0 Å². The van der Waals surface area contributed by atoms with Crippen molar-refractivity contribution in [1.82, 2.24) is 10.2 Å². The van der Waals surface area contributed by atoms with E-state index in [9.17, 15) is 9.59 Å². The van der Waals surface area contributed by atoms with Crippen molar-refractivity contribution < 1.29 is 9.59 Å². The van der Waals surface area contributed by atoms with Crippen molar-refractivity contribution in [3.8, 4) is 0 Å². The van der Waals surface area contributed by atoms with Crippen LogP contribution in [-0.2, 0) is 22.6 Å². The third-order valence-electron chi connectivity index (χ3n) is 6.66. The normalized spacial score (nSPS) is 14.8. The summed E-state index contributed by atoms with van der Waals surface area (Å²) in [4.78, 5) is 28.2. The molecule has 0 spiro atoms. The molecule has 0 bridgehead atoms. The van der Waals surface area contributed by atoms with E-state index in [2.05, 4.69) is 29.6 Å². The lowest BCUT2D eigenvalue weighted by atomic mass is 10.0. The first-order valence-electron chi connectivity index (χ1n) is 11.8. The zero-order valence-electron chi connectivity index (χ0n) is 19.1. The predicted molar refractivity (Wildman–Crippen MR) is 134 cm³/mol. The van der Waals surface area contributed by atoms with Crippen molar-refractivity contribution in [2.24, 2.45) is 0 Å². The molecule has 1 saturated carbocycles. The highest BCUT2D eigenvalue weighted by Gasteiger charge is 2.28. The second kappa shape index (κ2) is 10.8. The van der Waals surface area contributed by atoms with Crippen LogP contribution in [-0.4, -0.2) is 28.8 Å². The Morgan fingerprint density at radius 2 is 1.64 bits per heavy atom. The highest BCUT2D eigenvalue weighted by Crippen LogP contribution is 2.23. The van der Waals surface area contributed by atoms with E-state index in [0.29, 0.717) is 24.4 Å². The molecule has 1 fully saturated rings. The topological polar surface area (TPSA) is 49.4 Å². The van der Waals surface area contributed by atoms with Gasteiger partial charge in [0.2, 0.25) is 11.8 Å². The van der Waals surface area contributed by atoms with Gasteiger partial charge in [-0.05, 0) is 54.2 Å². The Morgan fingerprint density at radius 1 is 0.970 bits per heavy atom. The van der Waals surface area contributed by atoms with Crippen LogP contribution in [0.4, 0.5) is 0 Å². The molecule has 5 heteroatoms. The quantitative estimate of drug-likeness (QED) is 0.453. The minimum Gasteiger partial charge on any atom is -0.352 e. The van der Waals surface area contributed by atoms with E-state index in [1.807, 2.05) is 49.4 Å². The van der Waals surface area contributed by atoms with E-state index in [-0.39, 0.29) is 17.9 Å². The maximum absolute atomic E-state index is 13.5. The van der Waals surface area contributed by atoms with Crippen molar-refractivity contribution in [2.45, 2.75) is 64.1 Å². The first-order valence-corrected chi connectivity index (χ1v) is 12.2. The number of benzene rings is 3. The molecule has 1 atom stereocenters. The molecule has 0 aliphatic heterocycles. The smallest absolute Gasteiger partial charge is 0.242 e. The molecule has 0 heterocycles. The van der Waals surface area contributed by atoms with Gasteiger partial charge in [0.15, 0.2) is 0 Å². The Bertz CT molecular complexity index is 1120. The Kier molecular flexibility index (Phi) is 7.66. The zero-order chi connectivity index (χ0) is 23.2. The summed E-state index contributed by atoms with van der Waals surface area (Å²) in [5.41, 5.74) is 1.99. The Labute approximate surface area is 200 Å². The number of hydrogen-bond acceptors (Lipinski definition) is 2. The summed E-state index contributed by atoms with van der Waals surface area (Å²) in [6, 6.07) is 21.6. The van der Waals surface area contributed by atoms with Crippen LogP contribution in [0, 0.1) is 0 Å². The number of aryl methyl sites for hydroxylation is 1. The number of carbonyl (C=O) groups is 2. The van der Waals surface area contributed by atoms with E-state index in [1.165, 1.54) is 5.39 Å². The summed E-state index contributed by atoms with van der Waals surface area (Å²) in [6.45, 7) is 2.13. The molecule has 1 aliphatic carbocycles. The maximum atomic E-state index is 13.5. The second-order valence-corrected chi connectivity index (χ2v) is 9.32. The van der Waals surface area contributed by atoms with Crippen LogP contribution in [0.1, 0.15) is 50.2 Å². The van der Waals surface area contributed by atoms with Gasteiger partial charge in [0.05, 0.1) is 0 Å². The SMILES string of the molecule is C[C@H](C(=O)NC1CCCC1)N(Cc1ccccc1Cl)C(=O)CCc1cccc2ccccc12. The standard InChI is InChI=1S/C28H31ClN2O2/c1-20(28(33)30-24-13-4-5-14-24)31(19-23-10-3-7-16-26(23)29)27(32)18-17-22-12-8-11-21-9-2-6-15-25(21)22/h2-3,6-12,15-16,20,24H,4-5,13-14,17-19H2,1H3,(H,30,33)/t20-/m1/s1. The Hall–Kier alpha value is -2.85. The molecule has 3 aromatic rings. The van der Waals surface area contributed by atoms with E-state index >= 15 is 0 Å². The van der Waals surface area contributed by atoms with Crippen molar-refractivity contribution in [3.63, 3.8) is 0 Å². The maximum Gasteiger partial charge on any atom is 0.242 e. The van der Waals surface area contributed by atoms with Gasteiger partial charge in [-0.2, -0.15) is 0 Å². The van der Waals surface area contributed by atoms with Gasteiger partial charge in [-0.1, -0.05) is 85.1 Å². The fourth-order valence-corrected chi connectivity index (χ4v) is 4.88. The molecule has 0 aromatic heterocycles. The number of amides is 2. The van der Waals surface area contributed by atoms with E-state index < -0.39 is 6.04 Å². The molecule has 4 nitrogen and oxygen atoms in total. The van der Waals surface area contributed by atoms with E-state index in [1.54, 1.807) is 4.90 Å². The van der Waals surface area contributed by atoms with Gasteiger partial charge in [-0.25, -0.2) is 0 Å². The van der Waals surface area contributed by atoms with Gasteiger partial charge in [0.1, 0.15) is 6.04 Å². The fourth-order valence-electron chi connectivity index (χ4n) is 4.68. The highest BCUT2D eigenvalue weighted by molar-refractivity contribution is 6.31. The summed E-state index contributed by atoms with van der Waals surface area (Å²) in [7, 11) is 0. The van der Waals surface area contributed by atoms with E-state index in [4.69, 9.17) is 11.6 Å². The molecule has 1 aliphatic rings. The molecule has 0 unspecified atom stereocenters. The zero-order valence-corrected chi connectivity index (χ0v) is 19.9. The Morgan fingerprint density at radius 3 is 2.42 bits per heavy atom. The monoisotopic (exact) mass is 462 g/mol. The molecule has 33 heavy (non-hydrogen) atoms. The lowest BCUT2D eigenvalue weighted by Gasteiger charge is -2.30. The number of halogens is 1. The minimum atomic E-state index is -0.568. The van der Waals surface area contributed by atoms with Gasteiger partial charge < -0.3 is 10.2 Å². The van der Waals surface area contributed by atoms with Crippen LogP contribution in [0.2, 0.25) is 5.02 Å². The largest absolute Gasteiger partial charge is 0.352 e. The van der Waals surface area contributed by atoms with Gasteiger partial charge >= 0.3 is 0 Å². The number of hydrogen-bond donors (Lipinski definition) is 1. The number of rotatable bonds is 8. The number of nitrogens with one attached hydrogen (secondary N) is 1. The van der Waals surface area contributed by atoms with Gasteiger partial charge in [0, 0.05) is 24.0 Å². The summed E-state index contributed by atoms with van der Waals surface area (Å²) in [5.74, 6) is -0.135. The molecular formula is C28H31ClN2O2. The van der Waals surface area contributed by atoms with Crippen LogP contribution < -0.4 is 5.32 Å². The second-order valence-electron chi connectivity index (χ2n) is 8.92. The third-order valence-corrected chi connectivity index (χ3v) is 7.02. The molecule has 0 saturated heterocycles. The summed E-state index contributed by atoms with van der Waals surface area (Å²) < 4.78 is 0. The van der Waals surface area contributed by atoms with Crippen LogP contribution in [0.3, 0.4) is 0 Å². The summed E-state index contributed by atoms with van der Waals surface area (Å²) in [5, 5.41) is 6.08. The molecular weight excluding hydrogens is 432 g/mol. The minimum absolute atomic E-state index is 0.0445. The molecule has 3 aromatic carbocycles. The van der Waals surface area contributed by atoms with Crippen LogP contribution >= 0.6 is 11.6 Å². The van der Waals surface area contributed by atoms with Gasteiger partial charge in [0.25, 0.3) is 0 Å². The van der Waals surface area contributed by atoms with Crippen molar-refractivity contribution >= 4 is 34.2 Å². The van der Waals surface area contributed by atoms with Crippen LogP contribution in [0.15, 0.2) is 66.7 Å². The van der Waals surface area contributed by atoms with E-state index in [0.717, 1.165) is 42.2 Å². The average Bonchev–Trinajstić information content (AvgIpc) is 3.34. The predicted octanol–water partition coefficient (Wildman–Crippen LogP) is 5.90. The highest BCUT2D eigenvalue weighted by atomic mass is 35.5. The number of nitrogens with zero attached hydrogens (tertiary/aromatic N) is 1. The summed E-state index contributed by atoms with van der Waals surface area (Å²) >= 11 is 6.39. The van der Waals surface area contributed by atoms with Gasteiger partial charge in [-0.3, -0.25) is 9.59 Å². The third kappa shape index (κ3) is 5.75. The molecule has 4 rings (SSSR count). The first-order chi connectivity index (χ1) is 16.0. The van der Waals surface area contributed by atoms with Crippen molar-refractivity contribution in [2.75, 3.05) is 0 Å². The Balaban J connectivity index is 1.51. The molecule has 1 N–H and O–H groups in total. The first kappa shape index (κ1) is 23.3.